The molecule has 0 saturated carbocycles. The third-order valence-electron chi connectivity index (χ3n) is 14.7. The molecule has 0 atom stereocenters. The quantitative estimate of drug-likeness (QED) is 0.165. The largest absolute Gasteiger partial charge is 0.276 e. The summed E-state index contributed by atoms with van der Waals surface area (Å²) in [6.07, 6.45) is 0. The van der Waals surface area contributed by atoms with E-state index in [0.29, 0.717) is 0 Å². The molecule has 9 heteroatoms. The van der Waals surface area contributed by atoms with Crippen LogP contribution >= 0.6 is 0 Å². The second-order valence-corrected chi connectivity index (χ2v) is 19.2. The SMILES string of the molecule is c1ccc(-c2ccc3nc(-c4cc(-c5nc6ccc(-c7ccccc7)cc6c6nc7ccccc7n56)cc(-c5nc6ccc(-c7ccccc7)cc6c6nc7ccccc7n56)c4)n4c5ccccc5nc4c3c2)cc1. The lowest BCUT2D eigenvalue weighted by Gasteiger charge is -2.16. The first-order valence-electron chi connectivity index (χ1n) is 25.1. The van der Waals surface area contributed by atoms with Crippen molar-refractivity contribution >= 4 is 82.8 Å². The second-order valence-electron chi connectivity index (χ2n) is 19.2. The first kappa shape index (κ1) is 41.3. The maximum atomic E-state index is 5.63. The van der Waals surface area contributed by atoms with Crippen LogP contribution in [0, 0.1) is 0 Å². The Morgan fingerprint density at radius 3 is 0.787 bits per heavy atom. The predicted octanol–water partition coefficient (Wildman–Crippen LogP) is 15.7. The molecule has 0 amide bonds. The summed E-state index contributed by atoms with van der Waals surface area (Å²) in [5.41, 5.74) is 19.7. The molecule has 0 saturated heterocycles. The van der Waals surface area contributed by atoms with E-state index in [-0.39, 0.29) is 0 Å². The van der Waals surface area contributed by atoms with Gasteiger partial charge in [0.1, 0.15) is 34.4 Å². The Labute approximate surface area is 428 Å². The van der Waals surface area contributed by atoms with E-state index in [2.05, 4.69) is 213 Å². The molecule has 6 aromatic heterocycles. The van der Waals surface area contributed by atoms with Gasteiger partial charge in [-0.3, -0.25) is 13.2 Å². The lowest BCUT2D eigenvalue weighted by atomic mass is 10.0. The van der Waals surface area contributed by atoms with Crippen molar-refractivity contribution in [2.24, 2.45) is 0 Å². The van der Waals surface area contributed by atoms with Crippen LogP contribution in [0.1, 0.15) is 0 Å². The summed E-state index contributed by atoms with van der Waals surface area (Å²) in [6, 6.07) is 82.5. The Kier molecular flexibility index (Phi) is 8.84. The van der Waals surface area contributed by atoms with Gasteiger partial charge < -0.3 is 0 Å². The van der Waals surface area contributed by atoms with Crippen LogP contribution in [0.15, 0.2) is 237 Å². The summed E-state index contributed by atoms with van der Waals surface area (Å²) in [5, 5.41) is 2.88. The number of hydrogen-bond acceptors (Lipinski definition) is 6. The number of para-hydroxylation sites is 6. The number of benzene rings is 10. The highest BCUT2D eigenvalue weighted by Crippen LogP contribution is 2.40. The standard InChI is InChI=1S/C66H39N9/c1-4-16-40(17-5-1)43-28-31-52-49(37-43)64-70-55-22-10-13-25-58(55)73(64)61(67-52)46-34-47(62-68-53-32-29-44(41-18-6-2-7-19-41)38-50(53)65-71-56-23-11-14-26-59(56)74(62)65)36-48(35-46)63-69-54-33-30-45(42-20-8-3-9-21-42)39-51(54)66-72-57-24-12-15-27-60(57)75(63)66/h1-39H. The number of nitrogens with zero attached hydrogens (tertiary/aromatic N) is 9. The smallest absolute Gasteiger partial charge is 0.149 e. The fourth-order valence-corrected chi connectivity index (χ4v) is 11.2. The summed E-state index contributed by atoms with van der Waals surface area (Å²) in [7, 11) is 0. The highest BCUT2D eigenvalue weighted by atomic mass is 15.1. The van der Waals surface area contributed by atoms with Gasteiger partial charge >= 0.3 is 0 Å². The zero-order valence-corrected chi connectivity index (χ0v) is 40.0. The van der Waals surface area contributed by atoms with Gasteiger partial charge in [-0.15, -0.1) is 0 Å². The Morgan fingerprint density at radius 2 is 0.480 bits per heavy atom. The van der Waals surface area contributed by atoms with Crippen LogP contribution < -0.4 is 0 Å². The van der Waals surface area contributed by atoms with Gasteiger partial charge in [-0.1, -0.05) is 146 Å². The highest BCUT2D eigenvalue weighted by Gasteiger charge is 2.24. The highest BCUT2D eigenvalue weighted by molar-refractivity contribution is 6.04. The molecule has 16 aromatic rings. The van der Waals surface area contributed by atoms with E-state index in [1.807, 2.05) is 36.4 Å². The molecule has 9 nitrogen and oxygen atoms in total. The van der Waals surface area contributed by atoms with Gasteiger partial charge in [-0.2, -0.15) is 0 Å². The van der Waals surface area contributed by atoms with Gasteiger partial charge in [0.2, 0.25) is 0 Å². The Bertz CT molecular complexity index is 4490. The normalized spacial score (nSPS) is 12.0. The monoisotopic (exact) mass is 957 g/mol. The van der Waals surface area contributed by atoms with Crippen LogP contribution in [0.2, 0.25) is 0 Å². The molecule has 0 unspecified atom stereocenters. The van der Waals surface area contributed by atoms with Crippen molar-refractivity contribution in [1.29, 1.82) is 0 Å². The summed E-state index contributed by atoms with van der Waals surface area (Å²) >= 11 is 0. The van der Waals surface area contributed by atoms with Crippen LogP contribution in [-0.4, -0.2) is 43.1 Å². The third-order valence-corrected chi connectivity index (χ3v) is 14.7. The molecule has 0 aliphatic carbocycles. The van der Waals surface area contributed by atoms with E-state index >= 15 is 0 Å². The minimum Gasteiger partial charge on any atom is -0.276 e. The molecule has 0 N–H and O–H groups in total. The van der Waals surface area contributed by atoms with Crippen molar-refractivity contribution in [3.05, 3.63) is 237 Å². The minimum absolute atomic E-state index is 0.738. The van der Waals surface area contributed by atoms with Crippen LogP contribution in [0.25, 0.3) is 150 Å². The van der Waals surface area contributed by atoms with E-state index in [4.69, 9.17) is 29.9 Å². The maximum absolute atomic E-state index is 5.63. The first-order valence-corrected chi connectivity index (χ1v) is 25.1. The van der Waals surface area contributed by atoms with Crippen molar-refractivity contribution in [1.82, 2.24) is 43.1 Å². The Balaban J connectivity index is 1.02. The summed E-state index contributed by atoms with van der Waals surface area (Å²) in [6.45, 7) is 0. The molecule has 16 rings (SSSR count). The van der Waals surface area contributed by atoms with Crippen molar-refractivity contribution in [3.63, 3.8) is 0 Å². The molecule has 10 aromatic carbocycles. The molecule has 0 spiro atoms. The fraction of sp³-hybridized carbons (Fsp3) is 0. The van der Waals surface area contributed by atoms with E-state index < -0.39 is 0 Å². The molecule has 348 valence electrons. The van der Waals surface area contributed by atoms with E-state index in [1.165, 1.54) is 0 Å². The van der Waals surface area contributed by atoms with Gasteiger partial charge in [0, 0.05) is 32.8 Å². The molecule has 0 radical (unpaired) electrons. The van der Waals surface area contributed by atoms with Crippen LogP contribution in [0.4, 0.5) is 0 Å². The number of rotatable bonds is 6. The maximum Gasteiger partial charge on any atom is 0.149 e. The number of imidazole rings is 3. The van der Waals surface area contributed by atoms with Crippen molar-refractivity contribution < 1.29 is 0 Å². The molecular weight excluding hydrogens is 919 g/mol. The first-order chi connectivity index (χ1) is 37.1. The van der Waals surface area contributed by atoms with Gasteiger partial charge in [0.05, 0.1) is 49.7 Å². The zero-order valence-electron chi connectivity index (χ0n) is 40.0. The molecule has 0 aliphatic heterocycles. The summed E-state index contributed by atoms with van der Waals surface area (Å²) in [4.78, 5) is 33.0. The third kappa shape index (κ3) is 6.44. The van der Waals surface area contributed by atoms with Crippen molar-refractivity contribution in [3.8, 4) is 67.5 Å². The average molecular weight is 958 g/mol. The van der Waals surface area contributed by atoms with Gasteiger partial charge in [0.15, 0.2) is 0 Å². The van der Waals surface area contributed by atoms with Crippen molar-refractivity contribution in [2.75, 3.05) is 0 Å². The summed E-state index contributed by atoms with van der Waals surface area (Å²) in [5.74, 6) is 2.21. The molecule has 0 fully saturated rings. The zero-order chi connectivity index (χ0) is 49.1. The van der Waals surface area contributed by atoms with E-state index in [0.717, 1.165) is 150 Å². The molecular formula is C66H39N9. The van der Waals surface area contributed by atoms with Crippen LogP contribution in [-0.2, 0) is 0 Å². The van der Waals surface area contributed by atoms with E-state index in [9.17, 15) is 0 Å². The molecule has 0 bridgehead atoms. The number of hydrogen-bond donors (Lipinski definition) is 0. The van der Waals surface area contributed by atoms with Crippen molar-refractivity contribution in [2.45, 2.75) is 0 Å². The lowest BCUT2D eigenvalue weighted by molar-refractivity contribution is 1.14. The van der Waals surface area contributed by atoms with Crippen LogP contribution in [0.5, 0.6) is 0 Å². The fourth-order valence-electron chi connectivity index (χ4n) is 11.2. The van der Waals surface area contributed by atoms with Crippen LogP contribution in [0.3, 0.4) is 0 Å². The van der Waals surface area contributed by atoms with Gasteiger partial charge in [-0.25, -0.2) is 29.9 Å². The topological polar surface area (TPSA) is 90.6 Å². The average Bonchev–Trinajstić information content (AvgIpc) is 4.26. The van der Waals surface area contributed by atoms with Gasteiger partial charge in [-0.05, 0) is 124 Å². The number of aromatic nitrogens is 9. The molecule has 6 heterocycles. The second kappa shape index (κ2) is 16.1. The molecule has 75 heavy (non-hydrogen) atoms. The Hall–Kier alpha value is -10.4. The van der Waals surface area contributed by atoms with E-state index in [1.54, 1.807) is 0 Å². The number of fused-ring (bicyclic) bond motifs is 15. The minimum atomic E-state index is 0.738. The lowest BCUT2D eigenvalue weighted by Crippen LogP contribution is -2.03. The predicted molar refractivity (Wildman–Crippen MR) is 304 cm³/mol. The Morgan fingerprint density at radius 1 is 0.200 bits per heavy atom. The summed E-state index contributed by atoms with van der Waals surface area (Å²) < 4.78 is 6.66. The van der Waals surface area contributed by atoms with Gasteiger partial charge in [0.25, 0.3) is 0 Å². The molecule has 0 aliphatic rings.